The number of hydrogen-bond acceptors (Lipinski definition) is 8. The molecule has 1 aliphatic rings. The number of phenols is 2. The Balaban J connectivity index is 0.00000231. The summed E-state index contributed by atoms with van der Waals surface area (Å²) in [4.78, 5) is 35.2. The molecule has 0 fully saturated rings. The number of nitrogen functional groups attached to an aromatic ring is 1. The number of aromatic nitrogens is 3. The first-order valence-electron chi connectivity index (χ1n) is 12.7. The van der Waals surface area contributed by atoms with Gasteiger partial charge < -0.3 is 26.6 Å². The molecule has 41 heavy (non-hydrogen) atoms. The van der Waals surface area contributed by atoms with Crippen molar-refractivity contribution in [2.45, 2.75) is 38.3 Å². The molecular formula is C29H32Cl2N6O4. The maximum absolute atomic E-state index is 13.5. The Labute approximate surface area is 249 Å². The van der Waals surface area contributed by atoms with Crippen LogP contribution in [0.3, 0.4) is 0 Å². The molecule has 0 radical (unpaired) electrons. The predicted octanol–water partition coefficient (Wildman–Crippen LogP) is 3.83. The molecule has 0 spiro atoms. The fourth-order valence-electron chi connectivity index (χ4n) is 4.95. The maximum Gasteiger partial charge on any atom is 0.294 e. The SMILES string of the molecule is Cc1nc(N)ccc1CNC(=O)[C@@H]1CCc2cnc(NCC(c3ccc(O)cc3)c3ccc(O)cc3)c(=O)n21.Cl.Cl. The Morgan fingerprint density at radius 3 is 2.22 bits per heavy atom. The number of nitrogens with zero attached hydrogens (tertiary/aromatic N) is 3. The molecule has 2 aromatic carbocycles. The van der Waals surface area contributed by atoms with Crippen molar-refractivity contribution in [3.8, 4) is 11.5 Å². The van der Waals surface area contributed by atoms with Gasteiger partial charge in [0.1, 0.15) is 23.4 Å². The molecule has 5 rings (SSSR count). The summed E-state index contributed by atoms with van der Waals surface area (Å²) in [5, 5.41) is 25.6. The van der Waals surface area contributed by atoms with Gasteiger partial charge in [-0.2, -0.15) is 0 Å². The Bertz CT molecular complexity index is 1520. The molecule has 216 valence electrons. The fraction of sp³-hybridized carbons (Fsp3) is 0.241. The molecule has 0 unspecified atom stereocenters. The minimum Gasteiger partial charge on any atom is -0.508 e. The minimum absolute atomic E-state index is 0. The van der Waals surface area contributed by atoms with E-state index >= 15 is 0 Å². The first-order chi connectivity index (χ1) is 18.8. The van der Waals surface area contributed by atoms with Gasteiger partial charge in [-0.1, -0.05) is 30.3 Å². The summed E-state index contributed by atoms with van der Waals surface area (Å²) >= 11 is 0. The van der Waals surface area contributed by atoms with Crippen LogP contribution in [0.4, 0.5) is 11.6 Å². The van der Waals surface area contributed by atoms with E-state index in [0.29, 0.717) is 30.9 Å². The van der Waals surface area contributed by atoms with Crippen molar-refractivity contribution in [3.05, 3.63) is 105 Å². The van der Waals surface area contributed by atoms with E-state index in [1.54, 1.807) is 36.5 Å². The molecule has 12 heteroatoms. The van der Waals surface area contributed by atoms with Gasteiger partial charge in [0.2, 0.25) is 5.91 Å². The summed E-state index contributed by atoms with van der Waals surface area (Å²) in [6.07, 6.45) is 2.72. The van der Waals surface area contributed by atoms with E-state index in [2.05, 4.69) is 20.6 Å². The van der Waals surface area contributed by atoms with Crippen LogP contribution in [0.2, 0.25) is 0 Å². The van der Waals surface area contributed by atoms with Gasteiger partial charge in [-0.15, -0.1) is 24.8 Å². The average molecular weight is 600 g/mol. The second kappa shape index (κ2) is 13.4. The minimum atomic E-state index is -0.636. The average Bonchev–Trinajstić information content (AvgIpc) is 3.36. The summed E-state index contributed by atoms with van der Waals surface area (Å²) < 4.78 is 1.52. The quantitative estimate of drug-likeness (QED) is 0.205. The molecule has 4 aromatic rings. The molecule has 1 atom stereocenters. The van der Waals surface area contributed by atoms with Crippen LogP contribution in [0.25, 0.3) is 0 Å². The van der Waals surface area contributed by atoms with Crippen LogP contribution in [0.15, 0.2) is 71.7 Å². The van der Waals surface area contributed by atoms with Gasteiger partial charge in [0.25, 0.3) is 5.56 Å². The van der Waals surface area contributed by atoms with Gasteiger partial charge >= 0.3 is 0 Å². The summed E-state index contributed by atoms with van der Waals surface area (Å²) in [6.45, 7) is 2.45. The molecule has 1 amide bonds. The van der Waals surface area contributed by atoms with Gasteiger partial charge in [-0.25, -0.2) is 9.97 Å². The van der Waals surface area contributed by atoms with Crippen LogP contribution in [0.5, 0.6) is 11.5 Å². The van der Waals surface area contributed by atoms with Crippen molar-refractivity contribution in [2.75, 3.05) is 17.6 Å². The number of carbonyl (C=O) groups excluding carboxylic acids is 1. The van der Waals surface area contributed by atoms with Gasteiger partial charge in [0.15, 0.2) is 5.82 Å². The zero-order valence-corrected chi connectivity index (χ0v) is 23.9. The lowest BCUT2D eigenvalue weighted by Gasteiger charge is -2.20. The largest absolute Gasteiger partial charge is 0.508 e. The molecule has 0 aliphatic carbocycles. The summed E-state index contributed by atoms with van der Waals surface area (Å²) in [5.74, 6) is 0.449. The highest BCUT2D eigenvalue weighted by atomic mass is 35.5. The number of benzene rings is 2. The number of halogens is 2. The summed E-state index contributed by atoms with van der Waals surface area (Å²) in [5.41, 5.74) is 9.50. The van der Waals surface area contributed by atoms with Crippen LogP contribution in [-0.2, 0) is 17.8 Å². The van der Waals surface area contributed by atoms with Crippen molar-refractivity contribution in [2.24, 2.45) is 0 Å². The number of hydrogen-bond donors (Lipinski definition) is 5. The lowest BCUT2D eigenvalue weighted by atomic mass is 9.91. The molecule has 0 bridgehead atoms. The van der Waals surface area contributed by atoms with Gasteiger partial charge in [-0.05, 0) is 66.8 Å². The zero-order valence-electron chi connectivity index (χ0n) is 22.3. The maximum atomic E-state index is 13.5. The number of aromatic hydroxyl groups is 2. The van der Waals surface area contributed by atoms with Crippen LogP contribution in [0, 0.1) is 6.92 Å². The Kier molecular flexibility index (Phi) is 10.2. The van der Waals surface area contributed by atoms with Crippen molar-refractivity contribution in [3.63, 3.8) is 0 Å². The van der Waals surface area contributed by atoms with Gasteiger partial charge in [0, 0.05) is 36.6 Å². The lowest BCUT2D eigenvalue weighted by Crippen LogP contribution is -2.36. The number of aryl methyl sites for hydroxylation is 2. The fourth-order valence-corrected chi connectivity index (χ4v) is 4.95. The van der Waals surface area contributed by atoms with Gasteiger partial charge in [0.05, 0.1) is 0 Å². The Hall–Kier alpha value is -4.28. The highest BCUT2D eigenvalue weighted by molar-refractivity contribution is 5.85. The smallest absolute Gasteiger partial charge is 0.294 e. The Morgan fingerprint density at radius 2 is 1.63 bits per heavy atom. The standard InChI is InChI=1S/C29H30N6O4.2ClH/c1-17-20(6-13-26(30)34-17)14-33-28(38)25-12-7-21-15-31-27(29(39)35(21)25)32-16-24(18-2-8-22(36)9-3-18)19-4-10-23(37)11-5-19;;/h2-6,8-11,13,15,24-25,36-37H,7,12,14,16H2,1H3,(H2,30,34)(H,31,32)(H,33,38);2*1H/t25-;;/m0../s1. The normalized spacial score (nSPS) is 13.6. The zero-order chi connectivity index (χ0) is 27.5. The number of phenolic OH excluding ortho intramolecular Hbond substituents is 2. The number of pyridine rings is 1. The number of anilines is 2. The molecule has 3 heterocycles. The second-order valence-electron chi connectivity index (χ2n) is 9.64. The van der Waals surface area contributed by atoms with Crippen LogP contribution < -0.4 is 21.9 Å². The first-order valence-corrected chi connectivity index (χ1v) is 12.7. The number of nitrogens with one attached hydrogen (secondary N) is 2. The van der Waals surface area contributed by atoms with E-state index in [9.17, 15) is 19.8 Å². The Morgan fingerprint density at radius 1 is 1.02 bits per heavy atom. The number of fused-ring (bicyclic) bond motifs is 1. The molecule has 10 nitrogen and oxygen atoms in total. The number of amides is 1. The second-order valence-corrected chi connectivity index (χ2v) is 9.64. The third kappa shape index (κ3) is 6.90. The van der Waals surface area contributed by atoms with Gasteiger partial charge in [-0.3, -0.25) is 14.2 Å². The van der Waals surface area contributed by atoms with Crippen molar-refractivity contribution < 1.29 is 15.0 Å². The molecule has 2 aromatic heterocycles. The molecule has 0 saturated carbocycles. The van der Waals surface area contributed by atoms with Crippen LogP contribution in [-0.4, -0.2) is 37.2 Å². The monoisotopic (exact) mass is 598 g/mol. The van der Waals surface area contributed by atoms with E-state index in [-0.39, 0.29) is 66.1 Å². The van der Waals surface area contributed by atoms with Crippen molar-refractivity contribution in [1.82, 2.24) is 19.9 Å². The summed E-state index contributed by atoms with van der Waals surface area (Å²) in [7, 11) is 0. The van der Waals surface area contributed by atoms with Crippen LogP contribution >= 0.6 is 24.8 Å². The van der Waals surface area contributed by atoms with Crippen molar-refractivity contribution in [1.29, 1.82) is 0 Å². The molecule has 6 N–H and O–H groups in total. The predicted molar refractivity (Wildman–Crippen MR) is 162 cm³/mol. The number of rotatable bonds is 8. The highest BCUT2D eigenvalue weighted by Crippen LogP contribution is 2.28. The van der Waals surface area contributed by atoms with Crippen LogP contribution in [0.1, 0.15) is 46.5 Å². The third-order valence-electron chi connectivity index (χ3n) is 7.10. The number of nitrogens with two attached hydrogens (primary N) is 1. The van der Waals surface area contributed by atoms with E-state index in [4.69, 9.17) is 5.73 Å². The van der Waals surface area contributed by atoms with E-state index in [0.717, 1.165) is 22.4 Å². The number of carbonyl (C=O) groups is 1. The van der Waals surface area contributed by atoms with E-state index in [1.165, 1.54) is 4.57 Å². The van der Waals surface area contributed by atoms with E-state index < -0.39 is 6.04 Å². The molecular weight excluding hydrogens is 567 g/mol. The van der Waals surface area contributed by atoms with E-state index in [1.807, 2.05) is 37.3 Å². The lowest BCUT2D eigenvalue weighted by molar-refractivity contribution is -0.124. The summed E-state index contributed by atoms with van der Waals surface area (Å²) in [6, 6.07) is 16.6. The van der Waals surface area contributed by atoms with Crippen molar-refractivity contribution >= 4 is 42.4 Å². The highest BCUT2D eigenvalue weighted by Gasteiger charge is 2.30. The third-order valence-corrected chi connectivity index (χ3v) is 7.10. The molecule has 1 aliphatic heterocycles. The topological polar surface area (TPSA) is 155 Å². The first kappa shape index (κ1) is 31.3. The molecule has 0 saturated heterocycles.